The zero-order valence-electron chi connectivity index (χ0n) is 17.5. The molecule has 1 aliphatic rings. The number of nitrogens with one attached hydrogen (secondary N) is 1. The Bertz CT molecular complexity index is 554. The summed E-state index contributed by atoms with van der Waals surface area (Å²) in [6.07, 6.45) is 5.69. The third kappa shape index (κ3) is 5.84. The maximum Gasteiger partial charge on any atom is 0.231 e. The first-order chi connectivity index (χ1) is 12.4. The summed E-state index contributed by atoms with van der Waals surface area (Å²) >= 11 is 0. The Morgan fingerprint density at radius 1 is 1.12 bits per heavy atom. The number of hydrogen-bond donors (Lipinski definition) is 1. The smallest absolute Gasteiger partial charge is 0.231 e. The summed E-state index contributed by atoms with van der Waals surface area (Å²) in [5.41, 5.74) is 2.63. The Hall–Kier alpha value is -1.35. The summed E-state index contributed by atoms with van der Waals surface area (Å²) in [7, 11) is 0. The molecule has 2 rings (SSSR count). The van der Waals surface area contributed by atoms with Crippen LogP contribution >= 0.6 is 0 Å². The number of nitrogens with zero attached hydrogens (tertiary/aromatic N) is 1. The van der Waals surface area contributed by atoms with Crippen LogP contribution < -0.4 is 5.32 Å². The lowest BCUT2D eigenvalue weighted by Gasteiger charge is -2.31. The van der Waals surface area contributed by atoms with E-state index in [0.717, 1.165) is 43.8 Å². The van der Waals surface area contributed by atoms with E-state index in [1.807, 2.05) is 0 Å². The second-order valence-electron chi connectivity index (χ2n) is 8.44. The minimum absolute atomic E-state index is 0.0484. The van der Waals surface area contributed by atoms with Gasteiger partial charge in [-0.05, 0) is 63.0 Å². The first-order valence-corrected chi connectivity index (χ1v) is 10.6. The highest BCUT2D eigenvalue weighted by molar-refractivity contribution is 5.84. The van der Waals surface area contributed by atoms with Crippen LogP contribution in [-0.2, 0) is 4.79 Å². The van der Waals surface area contributed by atoms with Crippen molar-refractivity contribution in [2.75, 3.05) is 19.6 Å². The Morgan fingerprint density at radius 2 is 1.69 bits per heavy atom. The van der Waals surface area contributed by atoms with Gasteiger partial charge in [-0.15, -0.1) is 0 Å². The number of carbonyl (C=O) groups excluding carboxylic acids is 1. The zero-order valence-corrected chi connectivity index (χ0v) is 17.5. The number of benzene rings is 1. The predicted octanol–water partition coefficient (Wildman–Crippen LogP) is 5.07. The summed E-state index contributed by atoms with van der Waals surface area (Å²) in [6.45, 7) is 13.3. The molecule has 3 heteroatoms. The molecule has 1 aromatic rings. The van der Waals surface area contributed by atoms with Crippen LogP contribution in [0.15, 0.2) is 24.3 Å². The third-order valence-corrected chi connectivity index (χ3v) is 5.65. The number of amides is 1. The molecule has 26 heavy (non-hydrogen) atoms. The van der Waals surface area contributed by atoms with E-state index in [1.54, 1.807) is 0 Å². The van der Waals surface area contributed by atoms with Crippen LogP contribution in [0.5, 0.6) is 0 Å². The molecule has 1 amide bonds. The molecule has 1 aliphatic carbocycles. The molecule has 0 aromatic heterocycles. The number of carbonyl (C=O) groups is 1. The lowest BCUT2D eigenvalue weighted by atomic mass is 9.93. The van der Waals surface area contributed by atoms with Crippen LogP contribution in [0.1, 0.15) is 89.7 Å². The van der Waals surface area contributed by atoms with Gasteiger partial charge in [-0.3, -0.25) is 4.79 Å². The SMILES string of the molecule is CCCN(CCC)C(=O)[C@H](CNC(C)(C)CC)c1ccc(C2CC2)cc1. The van der Waals surface area contributed by atoms with Crippen molar-refractivity contribution in [3.05, 3.63) is 35.4 Å². The number of hydrogen-bond acceptors (Lipinski definition) is 2. The molecule has 1 fully saturated rings. The van der Waals surface area contributed by atoms with Gasteiger partial charge in [0, 0.05) is 25.2 Å². The van der Waals surface area contributed by atoms with Crippen molar-refractivity contribution in [2.24, 2.45) is 0 Å². The van der Waals surface area contributed by atoms with E-state index in [2.05, 4.69) is 69.1 Å². The standard InChI is InChI=1S/C23H38N2O/c1-6-15-25(16-7-2)22(26)21(17-24-23(4,5)8-3)20-13-11-19(12-14-20)18-9-10-18/h11-14,18,21,24H,6-10,15-17H2,1-5H3/t21-/m1/s1. The van der Waals surface area contributed by atoms with Gasteiger partial charge in [-0.2, -0.15) is 0 Å². The van der Waals surface area contributed by atoms with Gasteiger partial charge >= 0.3 is 0 Å². The van der Waals surface area contributed by atoms with E-state index < -0.39 is 0 Å². The maximum atomic E-state index is 13.3. The molecular weight excluding hydrogens is 320 g/mol. The van der Waals surface area contributed by atoms with E-state index in [1.165, 1.54) is 18.4 Å². The fraction of sp³-hybridized carbons (Fsp3) is 0.696. The lowest BCUT2D eigenvalue weighted by molar-refractivity contribution is -0.132. The van der Waals surface area contributed by atoms with Crippen molar-refractivity contribution in [3.63, 3.8) is 0 Å². The lowest BCUT2D eigenvalue weighted by Crippen LogP contribution is -2.45. The van der Waals surface area contributed by atoms with Gasteiger partial charge < -0.3 is 10.2 Å². The molecular formula is C23H38N2O. The van der Waals surface area contributed by atoms with Gasteiger partial charge in [-0.1, -0.05) is 45.0 Å². The second kappa shape index (κ2) is 9.55. The molecule has 1 aromatic carbocycles. The highest BCUT2D eigenvalue weighted by Crippen LogP contribution is 2.40. The number of rotatable bonds is 11. The van der Waals surface area contributed by atoms with E-state index in [4.69, 9.17) is 0 Å². The van der Waals surface area contributed by atoms with E-state index >= 15 is 0 Å². The molecule has 0 spiro atoms. The second-order valence-corrected chi connectivity index (χ2v) is 8.44. The van der Waals surface area contributed by atoms with Gasteiger partial charge in [0.2, 0.25) is 5.91 Å². The summed E-state index contributed by atoms with van der Waals surface area (Å²) in [5, 5.41) is 3.63. The molecule has 0 bridgehead atoms. The van der Waals surface area contributed by atoms with Crippen LogP contribution in [-0.4, -0.2) is 36.0 Å². The fourth-order valence-corrected chi connectivity index (χ4v) is 3.36. The topological polar surface area (TPSA) is 32.3 Å². The normalized spacial score (nSPS) is 15.7. The van der Waals surface area contributed by atoms with Crippen LogP contribution in [0.2, 0.25) is 0 Å². The Kier molecular flexibility index (Phi) is 7.69. The third-order valence-electron chi connectivity index (χ3n) is 5.65. The summed E-state index contributed by atoms with van der Waals surface area (Å²) < 4.78 is 0. The predicted molar refractivity (Wildman–Crippen MR) is 111 cm³/mol. The highest BCUT2D eigenvalue weighted by atomic mass is 16.2. The van der Waals surface area contributed by atoms with E-state index in [9.17, 15) is 4.79 Å². The summed E-state index contributed by atoms with van der Waals surface area (Å²) in [6, 6.07) is 8.85. The van der Waals surface area contributed by atoms with Crippen molar-refractivity contribution in [2.45, 2.75) is 84.1 Å². The van der Waals surface area contributed by atoms with Gasteiger partial charge in [-0.25, -0.2) is 0 Å². The van der Waals surface area contributed by atoms with Crippen LogP contribution in [0.4, 0.5) is 0 Å². The van der Waals surface area contributed by atoms with Crippen molar-refractivity contribution < 1.29 is 4.79 Å². The zero-order chi connectivity index (χ0) is 19.2. The maximum absolute atomic E-state index is 13.3. The molecule has 146 valence electrons. The van der Waals surface area contributed by atoms with Crippen molar-refractivity contribution in [3.8, 4) is 0 Å². The molecule has 3 nitrogen and oxygen atoms in total. The van der Waals surface area contributed by atoms with Crippen molar-refractivity contribution in [1.82, 2.24) is 10.2 Å². The summed E-state index contributed by atoms with van der Waals surface area (Å²) in [4.78, 5) is 15.4. The molecule has 1 N–H and O–H groups in total. The van der Waals surface area contributed by atoms with Gasteiger partial charge in [0.15, 0.2) is 0 Å². The first kappa shape index (κ1) is 21.0. The van der Waals surface area contributed by atoms with Crippen molar-refractivity contribution >= 4 is 5.91 Å². The quantitative estimate of drug-likeness (QED) is 0.598. The van der Waals surface area contributed by atoms with Gasteiger partial charge in [0.1, 0.15) is 0 Å². The highest BCUT2D eigenvalue weighted by Gasteiger charge is 2.28. The van der Waals surface area contributed by atoms with Gasteiger partial charge in [0.05, 0.1) is 5.92 Å². The average molecular weight is 359 g/mol. The Labute approximate surface area is 160 Å². The molecule has 0 saturated heterocycles. The first-order valence-electron chi connectivity index (χ1n) is 10.6. The molecule has 0 heterocycles. The average Bonchev–Trinajstić information content (AvgIpc) is 3.47. The van der Waals surface area contributed by atoms with Crippen molar-refractivity contribution in [1.29, 1.82) is 0 Å². The van der Waals surface area contributed by atoms with Gasteiger partial charge in [0.25, 0.3) is 0 Å². The minimum atomic E-state index is -0.104. The summed E-state index contributed by atoms with van der Waals surface area (Å²) in [5.74, 6) is 0.923. The molecule has 0 unspecified atom stereocenters. The molecule has 1 atom stereocenters. The molecule has 0 aliphatic heterocycles. The fourth-order valence-electron chi connectivity index (χ4n) is 3.36. The van der Waals surface area contributed by atoms with E-state index in [-0.39, 0.29) is 17.4 Å². The Morgan fingerprint density at radius 3 is 2.15 bits per heavy atom. The molecule has 0 radical (unpaired) electrons. The Balaban J connectivity index is 2.20. The largest absolute Gasteiger partial charge is 0.342 e. The van der Waals surface area contributed by atoms with E-state index in [0.29, 0.717) is 6.54 Å². The monoisotopic (exact) mass is 358 g/mol. The molecule has 1 saturated carbocycles. The van der Waals surface area contributed by atoms with Crippen LogP contribution in [0.25, 0.3) is 0 Å². The van der Waals surface area contributed by atoms with Crippen LogP contribution in [0, 0.1) is 0 Å². The van der Waals surface area contributed by atoms with Crippen LogP contribution in [0.3, 0.4) is 0 Å². The minimum Gasteiger partial charge on any atom is -0.342 e.